The van der Waals surface area contributed by atoms with Crippen molar-refractivity contribution in [1.82, 2.24) is 4.98 Å². The predicted molar refractivity (Wildman–Crippen MR) is 111 cm³/mol. The highest BCUT2D eigenvalue weighted by atomic mass is 32.2. The number of rotatable bonds is 4. The van der Waals surface area contributed by atoms with Crippen molar-refractivity contribution in [3.63, 3.8) is 0 Å². The average Bonchev–Trinajstić information content (AvgIpc) is 2.73. The Morgan fingerprint density at radius 2 is 1.86 bits per heavy atom. The number of fused-ring (bicyclic) bond motifs is 1. The van der Waals surface area contributed by atoms with Gasteiger partial charge >= 0.3 is 0 Å². The molecule has 0 bridgehead atoms. The standard InChI is InChI=1S/C20H20N4O4S/c21-29(26,27)15-6-7-18(24-9-11-28-12-10-24)16(13-15)20(25)23-17-5-1-3-14-4-2-8-22-19(14)17/h1-8,13H,9-12H2,(H,23,25)(H2,21,26,27). The number of nitrogens with one attached hydrogen (secondary N) is 1. The highest BCUT2D eigenvalue weighted by molar-refractivity contribution is 7.89. The number of pyridine rings is 1. The van der Waals surface area contributed by atoms with E-state index in [4.69, 9.17) is 9.88 Å². The number of benzene rings is 2. The second-order valence-electron chi connectivity index (χ2n) is 6.66. The SMILES string of the molecule is NS(=O)(=O)c1ccc(N2CCOCC2)c(C(=O)Nc2cccc3cccnc23)c1. The van der Waals surface area contributed by atoms with E-state index in [0.717, 1.165) is 5.39 Å². The van der Waals surface area contributed by atoms with Gasteiger partial charge in [0.1, 0.15) is 0 Å². The van der Waals surface area contributed by atoms with Gasteiger partial charge in [0.25, 0.3) is 5.91 Å². The smallest absolute Gasteiger partial charge is 0.257 e. The summed E-state index contributed by atoms with van der Waals surface area (Å²) >= 11 is 0. The monoisotopic (exact) mass is 412 g/mol. The molecule has 0 unspecified atom stereocenters. The molecule has 3 N–H and O–H groups in total. The van der Waals surface area contributed by atoms with Crippen molar-refractivity contribution in [3.8, 4) is 0 Å². The molecule has 1 amide bonds. The summed E-state index contributed by atoms with van der Waals surface area (Å²) in [6, 6.07) is 13.5. The number of ether oxygens (including phenoxy) is 1. The van der Waals surface area contributed by atoms with Crippen molar-refractivity contribution in [2.75, 3.05) is 36.5 Å². The first-order chi connectivity index (χ1) is 13.9. The van der Waals surface area contributed by atoms with Gasteiger partial charge in [-0.25, -0.2) is 13.6 Å². The summed E-state index contributed by atoms with van der Waals surface area (Å²) in [5.74, 6) is -0.435. The number of nitrogens with zero attached hydrogens (tertiary/aromatic N) is 2. The van der Waals surface area contributed by atoms with Gasteiger partial charge in [-0.3, -0.25) is 9.78 Å². The number of para-hydroxylation sites is 1. The fourth-order valence-corrected chi connectivity index (χ4v) is 3.89. The van der Waals surface area contributed by atoms with E-state index in [1.165, 1.54) is 12.1 Å². The Morgan fingerprint density at radius 3 is 2.62 bits per heavy atom. The van der Waals surface area contributed by atoms with E-state index in [2.05, 4.69) is 10.3 Å². The van der Waals surface area contributed by atoms with Gasteiger partial charge in [-0.1, -0.05) is 18.2 Å². The lowest BCUT2D eigenvalue weighted by molar-refractivity contribution is 0.102. The van der Waals surface area contributed by atoms with Crippen LogP contribution in [0.1, 0.15) is 10.4 Å². The molecule has 0 atom stereocenters. The summed E-state index contributed by atoms with van der Waals surface area (Å²) in [6.07, 6.45) is 1.65. The van der Waals surface area contributed by atoms with E-state index in [1.54, 1.807) is 18.3 Å². The van der Waals surface area contributed by atoms with Crippen molar-refractivity contribution in [1.29, 1.82) is 0 Å². The topological polar surface area (TPSA) is 115 Å². The number of hydrogen-bond donors (Lipinski definition) is 2. The number of carbonyl (C=O) groups excluding carboxylic acids is 1. The molecule has 150 valence electrons. The van der Waals surface area contributed by atoms with Crippen molar-refractivity contribution in [3.05, 3.63) is 60.3 Å². The Hall–Kier alpha value is -3.01. The Kier molecular flexibility index (Phi) is 5.18. The second kappa shape index (κ2) is 7.78. The highest BCUT2D eigenvalue weighted by Crippen LogP contribution is 2.27. The fraction of sp³-hybridized carbons (Fsp3) is 0.200. The molecule has 3 aromatic rings. The summed E-state index contributed by atoms with van der Waals surface area (Å²) in [4.78, 5) is 19.4. The third-order valence-corrected chi connectivity index (χ3v) is 5.68. The minimum Gasteiger partial charge on any atom is -0.378 e. The molecule has 1 aliphatic rings. The zero-order chi connectivity index (χ0) is 20.4. The molecule has 29 heavy (non-hydrogen) atoms. The first-order valence-electron chi connectivity index (χ1n) is 9.08. The lowest BCUT2D eigenvalue weighted by atomic mass is 10.1. The normalized spacial score (nSPS) is 14.7. The fourth-order valence-electron chi connectivity index (χ4n) is 3.35. The van der Waals surface area contributed by atoms with Gasteiger partial charge in [-0.15, -0.1) is 0 Å². The Labute approximate surface area is 168 Å². The van der Waals surface area contributed by atoms with E-state index >= 15 is 0 Å². The molecule has 1 saturated heterocycles. The van der Waals surface area contributed by atoms with Crippen LogP contribution < -0.4 is 15.4 Å². The Balaban J connectivity index is 1.75. The molecule has 8 nitrogen and oxygen atoms in total. The predicted octanol–water partition coefficient (Wildman–Crippen LogP) is 1.97. The number of hydrogen-bond acceptors (Lipinski definition) is 6. The third-order valence-electron chi connectivity index (χ3n) is 4.77. The van der Waals surface area contributed by atoms with Crippen LogP contribution in [0.5, 0.6) is 0 Å². The molecule has 1 aromatic heterocycles. The van der Waals surface area contributed by atoms with Crippen molar-refractivity contribution < 1.29 is 17.9 Å². The molecule has 0 saturated carbocycles. The Bertz CT molecular complexity index is 1170. The van der Waals surface area contributed by atoms with Crippen LogP contribution in [0.3, 0.4) is 0 Å². The summed E-state index contributed by atoms with van der Waals surface area (Å²) in [7, 11) is -3.95. The molecule has 4 rings (SSSR count). The van der Waals surface area contributed by atoms with Crippen molar-refractivity contribution in [2.45, 2.75) is 4.90 Å². The first-order valence-corrected chi connectivity index (χ1v) is 10.6. The third kappa shape index (κ3) is 4.07. The molecule has 9 heteroatoms. The number of aromatic nitrogens is 1. The number of amides is 1. The van der Waals surface area contributed by atoms with Gasteiger partial charge in [-0.05, 0) is 30.3 Å². The van der Waals surface area contributed by atoms with E-state index in [0.29, 0.717) is 43.2 Å². The minimum absolute atomic E-state index is 0.115. The van der Waals surface area contributed by atoms with E-state index in [1.807, 2.05) is 29.2 Å². The summed E-state index contributed by atoms with van der Waals surface area (Å²) in [5.41, 5.74) is 2.05. The summed E-state index contributed by atoms with van der Waals surface area (Å²) in [5, 5.41) is 9.03. The van der Waals surface area contributed by atoms with Gasteiger partial charge in [0.2, 0.25) is 10.0 Å². The molecule has 0 radical (unpaired) electrons. The minimum atomic E-state index is -3.95. The number of nitrogens with two attached hydrogens (primary N) is 1. The van der Waals surface area contributed by atoms with Crippen LogP contribution in [0.4, 0.5) is 11.4 Å². The van der Waals surface area contributed by atoms with Gasteiger partial charge in [0.05, 0.1) is 34.9 Å². The molecule has 0 spiro atoms. The summed E-state index contributed by atoms with van der Waals surface area (Å²) < 4.78 is 29.0. The van der Waals surface area contributed by atoms with Crippen LogP contribution in [0.25, 0.3) is 10.9 Å². The number of carbonyl (C=O) groups is 1. The molecular formula is C20H20N4O4S. The van der Waals surface area contributed by atoms with Crippen LogP contribution in [0.15, 0.2) is 59.6 Å². The van der Waals surface area contributed by atoms with Crippen LogP contribution in [-0.2, 0) is 14.8 Å². The Morgan fingerprint density at radius 1 is 1.10 bits per heavy atom. The van der Waals surface area contributed by atoms with Crippen molar-refractivity contribution in [2.24, 2.45) is 5.14 Å². The second-order valence-corrected chi connectivity index (χ2v) is 8.22. The van der Waals surface area contributed by atoms with Gasteiger partial charge < -0.3 is 15.0 Å². The zero-order valence-electron chi connectivity index (χ0n) is 15.5. The van der Waals surface area contributed by atoms with Crippen LogP contribution >= 0.6 is 0 Å². The van der Waals surface area contributed by atoms with Gasteiger partial charge in [0.15, 0.2) is 0 Å². The molecule has 2 heterocycles. The molecular weight excluding hydrogens is 392 g/mol. The van der Waals surface area contributed by atoms with E-state index in [-0.39, 0.29) is 10.5 Å². The average molecular weight is 412 g/mol. The van der Waals surface area contributed by atoms with Gasteiger partial charge in [-0.2, -0.15) is 0 Å². The number of anilines is 2. The summed E-state index contributed by atoms with van der Waals surface area (Å²) in [6.45, 7) is 2.27. The highest BCUT2D eigenvalue weighted by Gasteiger charge is 2.22. The largest absolute Gasteiger partial charge is 0.378 e. The van der Waals surface area contributed by atoms with E-state index < -0.39 is 15.9 Å². The lowest BCUT2D eigenvalue weighted by Crippen LogP contribution is -2.37. The number of primary sulfonamides is 1. The number of sulfonamides is 1. The molecule has 1 fully saturated rings. The quantitative estimate of drug-likeness (QED) is 0.677. The number of morpholine rings is 1. The van der Waals surface area contributed by atoms with Crippen LogP contribution in [0, 0.1) is 0 Å². The van der Waals surface area contributed by atoms with E-state index in [9.17, 15) is 13.2 Å². The lowest BCUT2D eigenvalue weighted by Gasteiger charge is -2.30. The maximum absolute atomic E-state index is 13.2. The first kappa shape index (κ1) is 19.3. The molecule has 1 aliphatic heterocycles. The zero-order valence-corrected chi connectivity index (χ0v) is 16.4. The van der Waals surface area contributed by atoms with Crippen molar-refractivity contribution >= 4 is 38.2 Å². The maximum Gasteiger partial charge on any atom is 0.257 e. The van der Waals surface area contributed by atoms with Crippen LogP contribution in [-0.4, -0.2) is 45.6 Å². The molecule has 0 aliphatic carbocycles. The van der Waals surface area contributed by atoms with Crippen LogP contribution in [0.2, 0.25) is 0 Å². The molecule has 2 aromatic carbocycles. The maximum atomic E-state index is 13.2. The van der Waals surface area contributed by atoms with Gasteiger partial charge in [0, 0.05) is 30.4 Å².